The molecule has 2 rings (SSSR count). The SMILES string of the molecule is COC(=O)C1CSC(C)C(c2cccc(Br)c2)N1. The normalized spacial score (nSPS) is 27.8. The number of halogens is 1. The van der Waals surface area contributed by atoms with Crippen molar-refractivity contribution in [1.82, 2.24) is 5.32 Å². The molecule has 1 N–H and O–H groups in total. The Morgan fingerprint density at radius 3 is 3.00 bits per heavy atom. The third-order valence-electron chi connectivity index (χ3n) is 3.07. The van der Waals surface area contributed by atoms with E-state index in [9.17, 15) is 4.79 Å². The Hall–Kier alpha value is -0.520. The fourth-order valence-electron chi connectivity index (χ4n) is 2.09. The third-order valence-corrected chi connectivity index (χ3v) is 4.89. The lowest BCUT2D eigenvalue weighted by Gasteiger charge is -2.34. The third kappa shape index (κ3) is 3.08. The molecule has 0 amide bonds. The van der Waals surface area contributed by atoms with E-state index in [0.717, 1.165) is 10.2 Å². The number of carbonyl (C=O) groups is 1. The van der Waals surface area contributed by atoms with Gasteiger partial charge >= 0.3 is 5.97 Å². The Morgan fingerprint density at radius 2 is 2.33 bits per heavy atom. The number of benzene rings is 1. The van der Waals surface area contributed by atoms with Crippen molar-refractivity contribution >= 4 is 33.7 Å². The summed E-state index contributed by atoms with van der Waals surface area (Å²) >= 11 is 5.28. The first-order valence-electron chi connectivity index (χ1n) is 5.82. The van der Waals surface area contributed by atoms with Crippen LogP contribution < -0.4 is 5.32 Å². The van der Waals surface area contributed by atoms with E-state index in [0.29, 0.717) is 5.25 Å². The summed E-state index contributed by atoms with van der Waals surface area (Å²) in [6.45, 7) is 2.18. The van der Waals surface area contributed by atoms with Gasteiger partial charge in [-0.2, -0.15) is 11.8 Å². The lowest BCUT2D eigenvalue weighted by molar-refractivity contribution is -0.142. The minimum atomic E-state index is -0.222. The Bertz CT molecular complexity index is 441. The summed E-state index contributed by atoms with van der Waals surface area (Å²) in [7, 11) is 1.43. The average molecular weight is 330 g/mol. The summed E-state index contributed by atoms with van der Waals surface area (Å²) in [5, 5.41) is 3.81. The van der Waals surface area contributed by atoms with Gasteiger partial charge in [-0.25, -0.2) is 0 Å². The molecular formula is C13H16BrNO2S. The molecule has 1 aliphatic rings. The summed E-state index contributed by atoms with van der Waals surface area (Å²) in [6.07, 6.45) is 0. The molecule has 1 aromatic carbocycles. The summed E-state index contributed by atoms with van der Waals surface area (Å²) in [5.41, 5.74) is 1.19. The highest BCUT2D eigenvalue weighted by Gasteiger charge is 2.32. The molecule has 5 heteroatoms. The van der Waals surface area contributed by atoms with Crippen LogP contribution in [0.25, 0.3) is 0 Å². The monoisotopic (exact) mass is 329 g/mol. The number of esters is 1. The summed E-state index contributed by atoms with van der Waals surface area (Å²) in [6, 6.07) is 8.14. The van der Waals surface area contributed by atoms with Crippen molar-refractivity contribution in [2.75, 3.05) is 12.9 Å². The second-order valence-corrected chi connectivity index (χ2v) is 6.64. The summed E-state index contributed by atoms with van der Waals surface area (Å²) < 4.78 is 5.86. The predicted octanol–water partition coefficient (Wildman–Crippen LogP) is 2.76. The largest absolute Gasteiger partial charge is 0.468 e. The topological polar surface area (TPSA) is 38.3 Å². The van der Waals surface area contributed by atoms with E-state index >= 15 is 0 Å². The Labute approximate surface area is 120 Å². The Morgan fingerprint density at radius 1 is 1.56 bits per heavy atom. The number of hydrogen-bond donors (Lipinski definition) is 1. The van der Waals surface area contributed by atoms with Crippen LogP contribution in [0.1, 0.15) is 18.5 Å². The first-order valence-corrected chi connectivity index (χ1v) is 7.67. The molecule has 3 atom stereocenters. The van der Waals surface area contributed by atoms with Crippen molar-refractivity contribution < 1.29 is 9.53 Å². The van der Waals surface area contributed by atoms with E-state index in [2.05, 4.69) is 40.3 Å². The Kier molecular flexibility index (Phi) is 4.70. The van der Waals surface area contributed by atoms with Crippen LogP contribution in [0.2, 0.25) is 0 Å². The maximum Gasteiger partial charge on any atom is 0.323 e. The number of ether oxygens (including phenoxy) is 1. The maximum absolute atomic E-state index is 11.6. The van der Waals surface area contributed by atoms with E-state index in [1.807, 2.05) is 12.1 Å². The molecule has 1 fully saturated rings. The molecule has 1 aliphatic heterocycles. The number of methoxy groups -OCH3 is 1. The van der Waals surface area contributed by atoms with Crippen LogP contribution >= 0.6 is 27.7 Å². The fourth-order valence-corrected chi connectivity index (χ4v) is 3.66. The van der Waals surface area contributed by atoms with Gasteiger partial charge in [-0.1, -0.05) is 35.0 Å². The fraction of sp³-hybridized carbons (Fsp3) is 0.462. The van der Waals surface area contributed by atoms with E-state index < -0.39 is 0 Å². The van der Waals surface area contributed by atoms with Gasteiger partial charge < -0.3 is 4.74 Å². The minimum Gasteiger partial charge on any atom is -0.468 e. The zero-order chi connectivity index (χ0) is 13.1. The first kappa shape index (κ1) is 13.9. The molecule has 0 radical (unpaired) electrons. The zero-order valence-corrected chi connectivity index (χ0v) is 12.8. The van der Waals surface area contributed by atoms with E-state index in [1.54, 1.807) is 11.8 Å². The van der Waals surface area contributed by atoms with Crippen molar-refractivity contribution in [2.24, 2.45) is 0 Å². The number of carbonyl (C=O) groups excluding carboxylic acids is 1. The van der Waals surface area contributed by atoms with Crippen molar-refractivity contribution in [2.45, 2.75) is 24.3 Å². The van der Waals surface area contributed by atoms with Crippen LogP contribution in [-0.4, -0.2) is 30.1 Å². The van der Waals surface area contributed by atoms with Crippen molar-refractivity contribution in [3.8, 4) is 0 Å². The van der Waals surface area contributed by atoms with Crippen LogP contribution in [0, 0.1) is 0 Å². The van der Waals surface area contributed by atoms with Crippen LogP contribution in [0.5, 0.6) is 0 Å². The highest BCUT2D eigenvalue weighted by atomic mass is 79.9. The second-order valence-electron chi connectivity index (χ2n) is 4.31. The van der Waals surface area contributed by atoms with E-state index in [-0.39, 0.29) is 18.1 Å². The first-order chi connectivity index (χ1) is 8.61. The quantitative estimate of drug-likeness (QED) is 0.847. The number of nitrogens with one attached hydrogen (secondary N) is 1. The lowest BCUT2D eigenvalue weighted by atomic mass is 10.0. The molecular weight excluding hydrogens is 314 g/mol. The van der Waals surface area contributed by atoms with Gasteiger partial charge in [-0.3, -0.25) is 10.1 Å². The molecule has 0 bridgehead atoms. The molecule has 3 nitrogen and oxygen atoms in total. The highest BCUT2D eigenvalue weighted by molar-refractivity contribution is 9.10. The number of thioether (sulfide) groups is 1. The molecule has 1 saturated heterocycles. The smallest absolute Gasteiger partial charge is 0.323 e. The van der Waals surface area contributed by atoms with E-state index in [4.69, 9.17) is 4.74 Å². The van der Waals surface area contributed by atoms with Crippen LogP contribution in [0.3, 0.4) is 0 Å². The molecule has 98 valence electrons. The van der Waals surface area contributed by atoms with Gasteiger partial charge in [0.25, 0.3) is 0 Å². The van der Waals surface area contributed by atoms with Crippen LogP contribution in [0.4, 0.5) is 0 Å². The second kappa shape index (κ2) is 6.08. The average Bonchev–Trinajstić information content (AvgIpc) is 2.38. The zero-order valence-electron chi connectivity index (χ0n) is 10.4. The molecule has 0 spiro atoms. The molecule has 1 heterocycles. The standard InChI is InChI=1S/C13H16BrNO2S/c1-8-12(9-4-3-5-10(14)6-9)15-11(7-18-8)13(16)17-2/h3-6,8,11-12,15H,7H2,1-2H3. The lowest BCUT2D eigenvalue weighted by Crippen LogP contribution is -2.48. The van der Waals surface area contributed by atoms with Gasteiger partial charge in [-0.15, -0.1) is 0 Å². The summed E-state index contributed by atoms with van der Waals surface area (Å²) in [4.78, 5) is 11.6. The molecule has 0 saturated carbocycles. The van der Waals surface area contributed by atoms with Crippen molar-refractivity contribution in [3.05, 3.63) is 34.3 Å². The Balaban J connectivity index is 2.17. The number of rotatable bonds is 2. The van der Waals surface area contributed by atoms with Gasteiger partial charge in [-0.05, 0) is 17.7 Å². The van der Waals surface area contributed by atoms with Gasteiger partial charge in [0, 0.05) is 21.5 Å². The molecule has 0 aromatic heterocycles. The van der Waals surface area contributed by atoms with E-state index in [1.165, 1.54) is 12.7 Å². The molecule has 0 aliphatic carbocycles. The van der Waals surface area contributed by atoms with Crippen LogP contribution in [0.15, 0.2) is 28.7 Å². The molecule has 3 unspecified atom stereocenters. The van der Waals surface area contributed by atoms with Crippen LogP contribution in [-0.2, 0) is 9.53 Å². The van der Waals surface area contributed by atoms with Gasteiger partial charge in [0.15, 0.2) is 0 Å². The van der Waals surface area contributed by atoms with Crippen molar-refractivity contribution in [3.63, 3.8) is 0 Å². The molecule has 1 aromatic rings. The molecule has 18 heavy (non-hydrogen) atoms. The van der Waals surface area contributed by atoms with Crippen molar-refractivity contribution in [1.29, 1.82) is 0 Å². The summed E-state index contributed by atoms with van der Waals surface area (Å²) in [5.74, 6) is 0.577. The van der Waals surface area contributed by atoms with Gasteiger partial charge in [0.05, 0.1) is 7.11 Å². The highest BCUT2D eigenvalue weighted by Crippen LogP contribution is 2.32. The maximum atomic E-state index is 11.6. The predicted molar refractivity (Wildman–Crippen MR) is 77.7 cm³/mol. The van der Waals surface area contributed by atoms with Gasteiger partial charge in [0.1, 0.15) is 6.04 Å². The van der Waals surface area contributed by atoms with Gasteiger partial charge in [0.2, 0.25) is 0 Å². The number of hydrogen-bond acceptors (Lipinski definition) is 4. The minimum absolute atomic E-state index is 0.172.